The zero-order valence-corrected chi connectivity index (χ0v) is 14.5. The quantitative estimate of drug-likeness (QED) is 0.678. The molecule has 2 aromatic rings. The number of amides is 1. The Balaban J connectivity index is 2.05. The van der Waals surface area contributed by atoms with Gasteiger partial charge in [0.25, 0.3) is 0 Å². The van der Waals surface area contributed by atoms with E-state index in [0.29, 0.717) is 0 Å². The number of ether oxygens (including phenoxy) is 1. The lowest BCUT2D eigenvalue weighted by Gasteiger charge is -2.15. The monoisotopic (exact) mass is 401 g/mol. The third-order valence-corrected chi connectivity index (χ3v) is 5.00. The van der Waals surface area contributed by atoms with Gasteiger partial charge in [-0.3, -0.25) is 4.79 Å². The Kier molecular flexibility index (Phi) is 6.41. The van der Waals surface area contributed by atoms with Crippen LogP contribution in [0.4, 0.5) is 14.5 Å². The molecule has 1 N–H and O–H groups in total. The van der Waals surface area contributed by atoms with Gasteiger partial charge in [-0.05, 0) is 47.1 Å². The normalized spacial score (nSPS) is 12.0. The first-order chi connectivity index (χ1) is 11.0. The molecule has 0 heterocycles. The van der Waals surface area contributed by atoms with Crippen LogP contribution in [0.25, 0.3) is 0 Å². The largest absolute Gasteiger partial charge is 0.433 e. The maximum atomic E-state index is 12.4. The van der Waals surface area contributed by atoms with Crippen molar-refractivity contribution >= 4 is 39.3 Å². The second-order valence-corrected chi connectivity index (χ2v) is 6.79. The summed E-state index contributed by atoms with van der Waals surface area (Å²) >= 11 is 4.79. The summed E-state index contributed by atoms with van der Waals surface area (Å²) in [5.74, 6) is -0.356. The van der Waals surface area contributed by atoms with E-state index in [9.17, 15) is 13.6 Å². The number of para-hydroxylation sites is 2. The van der Waals surface area contributed by atoms with Crippen LogP contribution in [-0.2, 0) is 4.79 Å². The van der Waals surface area contributed by atoms with Gasteiger partial charge in [-0.25, -0.2) is 0 Å². The number of carbonyl (C=O) groups excluding carboxylic acids is 1. The predicted octanol–water partition coefficient (Wildman–Crippen LogP) is 5.17. The van der Waals surface area contributed by atoms with Crippen LogP contribution in [0.2, 0.25) is 0 Å². The Morgan fingerprint density at radius 1 is 1.17 bits per heavy atom. The van der Waals surface area contributed by atoms with Gasteiger partial charge in [0.05, 0.1) is 10.9 Å². The summed E-state index contributed by atoms with van der Waals surface area (Å²) in [6.45, 7) is -1.20. The lowest BCUT2D eigenvalue weighted by Crippen LogP contribution is -2.23. The first kappa shape index (κ1) is 17.7. The summed E-state index contributed by atoms with van der Waals surface area (Å²) in [6.07, 6.45) is 0. The minimum atomic E-state index is -2.94. The molecular weight excluding hydrogens is 388 g/mol. The molecule has 23 heavy (non-hydrogen) atoms. The SMILES string of the molecule is CC(Sc1ccccc1Br)C(=O)Nc1ccccc1OC(F)F. The standard InChI is InChI=1S/C16H14BrF2NO2S/c1-10(23-14-9-5-2-6-11(14)17)15(21)20-12-7-3-4-8-13(12)22-16(18)19/h2-10,16H,1H3,(H,20,21). The van der Waals surface area contributed by atoms with Crippen molar-refractivity contribution in [2.75, 3.05) is 5.32 Å². The molecule has 0 aliphatic rings. The van der Waals surface area contributed by atoms with Crippen LogP contribution < -0.4 is 10.1 Å². The minimum Gasteiger partial charge on any atom is -0.433 e. The van der Waals surface area contributed by atoms with Gasteiger partial charge in [-0.15, -0.1) is 11.8 Å². The highest BCUT2D eigenvalue weighted by Crippen LogP contribution is 2.32. The van der Waals surface area contributed by atoms with Crippen LogP contribution in [0.3, 0.4) is 0 Å². The summed E-state index contributed by atoms with van der Waals surface area (Å²) in [6, 6.07) is 13.6. The molecule has 7 heteroatoms. The fourth-order valence-corrected chi connectivity index (χ4v) is 3.24. The Morgan fingerprint density at radius 3 is 2.52 bits per heavy atom. The molecule has 122 valence electrons. The Morgan fingerprint density at radius 2 is 1.83 bits per heavy atom. The highest BCUT2D eigenvalue weighted by molar-refractivity contribution is 9.10. The van der Waals surface area contributed by atoms with Crippen molar-refractivity contribution in [3.8, 4) is 5.75 Å². The molecule has 0 saturated carbocycles. The van der Waals surface area contributed by atoms with Gasteiger partial charge in [0, 0.05) is 9.37 Å². The van der Waals surface area contributed by atoms with Crippen LogP contribution in [0.15, 0.2) is 57.9 Å². The molecule has 2 rings (SSSR count). The van der Waals surface area contributed by atoms with E-state index < -0.39 is 11.9 Å². The third-order valence-electron chi connectivity index (χ3n) is 2.87. The van der Waals surface area contributed by atoms with Gasteiger partial charge in [-0.2, -0.15) is 8.78 Å². The van der Waals surface area contributed by atoms with Gasteiger partial charge in [0.1, 0.15) is 5.75 Å². The lowest BCUT2D eigenvalue weighted by molar-refractivity contribution is -0.115. The summed E-state index contributed by atoms with van der Waals surface area (Å²) in [5, 5.41) is 2.21. The van der Waals surface area contributed by atoms with E-state index in [-0.39, 0.29) is 17.3 Å². The number of halogens is 3. The highest BCUT2D eigenvalue weighted by atomic mass is 79.9. The highest BCUT2D eigenvalue weighted by Gasteiger charge is 2.18. The smallest absolute Gasteiger partial charge is 0.387 e. The van der Waals surface area contributed by atoms with Gasteiger partial charge < -0.3 is 10.1 Å². The molecule has 2 aromatic carbocycles. The number of rotatable bonds is 6. The van der Waals surface area contributed by atoms with Crippen molar-refractivity contribution in [3.63, 3.8) is 0 Å². The number of thioether (sulfide) groups is 1. The molecule has 0 aliphatic carbocycles. The predicted molar refractivity (Wildman–Crippen MR) is 91.2 cm³/mol. The molecule has 0 bridgehead atoms. The van der Waals surface area contributed by atoms with Gasteiger partial charge in [0.2, 0.25) is 5.91 Å². The van der Waals surface area contributed by atoms with E-state index in [1.165, 1.54) is 23.9 Å². The maximum Gasteiger partial charge on any atom is 0.387 e. The van der Waals surface area contributed by atoms with E-state index in [4.69, 9.17) is 0 Å². The fraction of sp³-hybridized carbons (Fsp3) is 0.188. The number of alkyl halides is 2. The minimum absolute atomic E-state index is 0.0612. The number of nitrogens with one attached hydrogen (secondary N) is 1. The van der Waals surface area contributed by atoms with Gasteiger partial charge in [0.15, 0.2) is 0 Å². The number of carbonyl (C=O) groups is 1. The zero-order valence-electron chi connectivity index (χ0n) is 12.1. The van der Waals surface area contributed by atoms with Crippen molar-refractivity contribution < 1.29 is 18.3 Å². The first-order valence-corrected chi connectivity index (χ1v) is 8.40. The summed E-state index contributed by atoms with van der Waals surface area (Å²) in [7, 11) is 0. The molecule has 0 saturated heterocycles. The van der Waals surface area contributed by atoms with Gasteiger partial charge >= 0.3 is 6.61 Å². The first-order valence-electron chi connectivity index (χ1n) is 6.73. The van der Waals surface area contributed by atoms with Crippen LogP contribution in [0.1, 0.15) is 6.92 Å². The summed E-state index contributed by atoms with van der Waals surface area (Å²) in [4.78, 5) is 13.2. The van der Waals surface area contributed by atoms with E-state index in [2.05, 4.69) is 26.0 Å². The van der Waals surface area contributed by atoms with E-state index in [0.717, 1.165) is 9.37 Å². The molecular formula is C16H14BrF2NO2S. The maximum absolute atomic E-state index is 12.4. The Hall–Kier alpha value is -1.60. The van der Waals surface area contributed by atoms with E-state index in [1.807, 2.05) is 24.3 Å². The average Bonchev–Trinajstić information content (AvgIpc) is 2.51. The van der Waals surface area contributed by atoms with Crippen molar-refractivity contribution in [1.82, 2.24) is 0 Å². The zero-order chi connectivity index (χ0) is 16.8. The Bertz CT molecular complexity index is 685. The van der Waals surface area contributed by atoms with Crippen molar-refractivity contribution in [2.24, 2.45) is 0 Å². The number of hydrogen-bond donors (Lipinski definition) is 1. The third kappa shape index (κ3) is 5.21. The molecule has 1 atom stereocenters. The van der Waals surface area contributed by atoms with Crippen LogP contribution in [0.5, 0.6) is 5.75 Å². The molecule has 3 nitrogen and oxygen atoms in total. The molecule has 1 amide bonds. The van der Waals surface area contributed by atoms with Gasteiger partial charge in [-0.1, -0.05) is 24.3 Å². The summed E-state index contributed by atoms with van der Waals surface area (Å²) < 4.78 is 30.1. The van der Waals surface area contributed by atoms with Crippen LogP contribution in [0, 0.1) is 0 Å². The molecule has 0 radical (unpaired) electrons. The number of anilines is 1. The number of benzene rings is 2. The Labute approximate surface area is 145 Å². The summed E-state index contributed by atoms with van der Waals surface area (Å²) in [5.41, 5.74) is 0.220. The molecule has 0 spiro atoms. The number of hydrogen-bond acceptors (Lipinski definition) is 3. The average molecular weight is 402 g/mol. The molecule has 0 aromatic heterocycles. The second kappa shape index (κ2) is 8.31. The van der Waals surface area contributed by atoms with E-state index >= 15 is 0 Å². The second-order valence-electron chi connectivity index (χ2n) is 4.55. The van der Waals surface area contributed by atoms with Crippen molar-refractivity contribution in [3.05, 3.63) is 53.0 Å². The lowest BCUT2D eigenvalue weighted by atomic mass is 10.3. The van der Waals surface area contributed by atoms with Crippen LogP contribution in [-0.4, -0.2) is 17.8 Å². The molecule has 0 aliphatic heterocycles. The topological polar surface area (TPSA) is 38.3 Å². The van der Waals surface area contributed by atoms with E-state index in [1.54, 1.807) is 19.1 Å². The van der Waals surface area contributed by atoms with Crippen molar-refractivity contribution in [2.45, 2.75) is 23.7 Å². The molecule has 0 fully saturated rings. The van der Waals surface area contributed by atoms with Crippen molar-refractivity contribution in [1.29, 1.82) is 0 Å². The fourth-order valence-electron chi connectivity index (χ4n) is 1.79. The molecule has 1 unspecified atom stereocenters. The van der Waals surface area contributed by atoms with Crippen LogP contribution >= 0.6 is 27.7 Å².